The monoisotopic (exact) mass is 460 g/mol. The van der Waals surface area contributed by atoms with E-state index < -0.39 is 0 Å². The first kappa shape index (κ1) is 28.0. The minimum atomic E-state index is -0.160. The van der Waals surface area contributed by atoms with Crippen LogP contribution < -0.4 is 15.8 Å². The van der Waals surface area contributed by atoms with Gasteiger partial charge in [0.05, 0.1) is 12.2 Å². The first-order valence-electron chi connectivity index (χ1n) is 12.0. The first-order chi connectivity index (χ1) is 15.1. The predicted octanol–water partition coefficient (Wildman–Crippen LogP) is 7.68. The minimum absolute atomic E-state index is 0. The molecule has 0 aliphatic carbocycles. The summed E-state index contributed by atoms with van der Waals surface area (Å²) in [6.45, 7) is 4.84. The second-order valence-electron chi connectivity index (χ2n) is 8.39. The zero-order chi connectivity index (χ0) is 22.3. The maximum absolute atomic E-state index is 12.7. The molecule has 4 nitrogen and oxygen atoms in total. The molecule has 0 saturated carbocycles. The van der Waals surface area contributed by atoms with Crippen molar-refractivity contribution in [2.75, 3.05) is 11.9 Å². The van der Waals surface area contributed by atoms with E-state index in [2.05, 4.69) is 12.2 Å². The van der Waals surface area contributed by atoms with Crippen molar-refractivity contribution in [3.05, 3.63) is 59.7 Å². The van der Waals surface area contributed by atoms with E-state index in [4.69, 9.17) is 10.5 Å². The highest BCUT2D eigenvalue weighted by Gasteiger charge is 2.12. The molecule has 0 spiro atoms. The number of unbranched alkanes of at least 4 members (excludes halogenated alkanes) is 9. The van der Waals surface area contributed by atoms with Crippen LogP contribution in [0.15, 0.2) is 48.5 Å². The van der Waals surface area contributed by atoms with Gasteiger partial charge < -0.3 is 15.8 Å². The Morgan fingerprint density at radius 3 is 2.03 bits per heavy atom. The summed E-state index contributed by atoms with van der Waals surface area (Å²) >= 11 is 0. The maximum atomic E-state index is 12.7. The molecule has 32 heavy (non-hydrogen) atoms. The van der Waals surface area contributed by atoms with E-state index in [1.165, 1.54) is 57.8 Å². The highest BCUT2D eigenvalue weighted by atomic mass is 35.5. The first-order valence-corrected chi connectivity index (χ1v) is 12.0. The molecule has 0 saturated heterocycles. The van der Waals surface area contributed by atoms with Gasteiger partial charge in [-0.25, -0.2) is 0 Å². The predicted molar refractivity (Wildman–Crippen MR) is 138 cm³/mol. The van der Waals surface area contributed by atoms with E-state index in [0.29, 0.717) is 17.9 Å². The van der Waals surface area contributed by atoms with Gasteiger partial charge in [0.25, 0.3) is 5.91 Å². The third kappa shape index (κ3) is 10.5. The lowest BCUT2D eigenvalue weighted by molar-refractivity contribution is 0.102. The van der Waals surface area contributed by atoms with Gasteiger partial charge in [-0.05, 0) is 43.2 Å². The van der Waals surface area contributed by atoms with Crippen LogP contribution in [0.2, 0.25) is 0 Å². The molecule has 2 aromatic rings. The molecule has 1 amide bonds. The second-order valence-corrected chi connectivity index (χ2v) is 8.39. The van der Waals surface area contributed by atoms with Crippen LogP contribution in [-0.4, -0.2) is 12.5 Å². The molecule has 5 heteroatoms. The molecule has 0 bridgehead atoms. The number of amides is 1. The fraction of sp³-hybridized carbons (Fsp3) is 0.519. The molecule has 2 aromatic carbocycles. The molecule has 2 rings (SSSR count). The minimum Gasteiger partial charge on any atom is -0.493 e. The summed E-state index contributed by atoms with van der Waals surface area (Å²) in [5.41, 5.74) is 8.24. The highest BCUT2D eigenvalue weighted by molar-refractivity contribution is 6.06. The number of hydrogen-bond acceptors (Lipinski definition) is 3. The molecule has 0 fully saturated rings. The standard InChI is InChI=1S/C27H40N2O2.ClH/c1-3-4-5-6-7-8-9-10-11-14-21-31-26-16-13-12-15-25(26)27(30)29-24-19-17-23(18-20-24)22(2)28;/h12-13,15-20,22H,3-11,14,21,28H2,1-2H3,(H,29,30);1H. The van der Waals surface area contributed by atoms with Crippen molar-refractivity contribution < 1.29 is 9.53 Å². The number of carbonyl (C=O) groups is 1. The molecule has 0 aliphatic heterocycles. The second kappa shape index (κ2) is 16.6. The Morgan fingerprint density at radius 2 is 1.44 bits per heavy atom. The van der Waals surface area contributed by atoms with Gasteiger partial charge in [-0.2, -0.15) is 0 Å². The van der Waals surface area contributed by atoms with E-state index in [1.54, 1.807) is 6.07 Å². The number of nitrogens with two attached hydrogens (primary N) is 1. The topological polar surface area (TPSA) is 64.3 Å². The van der Waals surface area contributed by atoms with Crippen LogP contribution in [0, 0.1) is 0 Å². The van der Waals surface area contributed by atoms with Gasteiger partial charge in [-0.1, -0.05) is 89.0 Å². The van der Waals surface area contributed by atoms with Crippen molar-refractivity contribution in [1.82, 2.24) is 0 Å². The van der Waals surface area contributed by atoms with Crippen LogP contribution in [-0.2, 0) is 0 Å². The number of benzene rings is 2. The maximum Gasteiger partial charge on any atom is 0.259 e. The van der Waals surface area contributed by atoms with E-state index in [0.717, 1.165) is 17.7 Å². The molecule has 0 heterocycles. The number of rotatable bonds is 15. The molecular weight excluding hydrogens is 420 g/mol. The Morgan fingerprint density at radius 1 is 0.875 bits per heavy atom. The van der Waals surface area contributed by atoms with Gasteiger partial charge in [0.1, 0.15) is 5.75 Å². The summed E-state index contributed by atoms with van der Waals surface area (Å²) in [7, 11) is 0. The number of hydrogen-bond donors (Lipinski definition) is 2. The lowest BCUT2D eigenvalue weighted by atomic mass is 10.1. The fourth-order valence-corrected chi connectivity index (χ4v) is 3.62. The van der Waals surface area contributed by atoms with Gasteiger partial charge in [-0.15, -0.1) is 12.4 Å². The number of carbonyl (C=O) groups excluding carboxylic acids is 1. The average molecular weight is 461 g/mol. The quantitative estimate of drug-likeness (QED) is 0.268. The molecule has 178 valence electrons. The Balaban J connectivity index is 0.00000512. The number of ether oxygens (including phenoxy) is 1. The van der Waals surface area contributed by atoms with Crippen molar-refractivity contribution >= 4 is 24.0 Å². The van der Waals surface area contributed by atoms with Crippen molar-refractivity contribution in [3.63, 3.8) is 0 Å². The third-order valence-electron chi connectivity index (χ3n) is 5.58. The molecule has 0 radical (unpaired) electrons. The van der Waals surface area contributed by atoms with Crippen molar-refractivity contribution in [1.29, 1.82) is 0 Å². The van der Waals surface area contributed by atoms with E-state index in [9.17, 15) is 4.79 Å². The van der Waals surface area contributed by atoms with Crippen molar-refractivity contribution in [2.45, 2.75) is 84.1 Å². The Hall–Kier alpha value is -2.04. The third-order valence-corrected chi connectivity index (χ3v) is 5.58. The van der Waals surface area contributed by atoms with Crippen LogP contribution in [0.1, 0.15) is 100 Å². The molecule has 1 unspecified atom stereocenters. The lowest BCUT2D eigenvalue weighted by Crippen LogP contribution is -2.14. The zero-order valence-electron chi connectivity index (χ0n) is 19.8. The largest absolute Gasteiger partial charge is 0.493 e. The van der Waals surface area contributed by atoms with Gasteiger partial charge in [0, 0.05) is 11.7 Å². The van der Waals surface area contributed by atoms with Crippen LogP contribution in [0.3, 0.4) is 0 Å². The normalized spacial score (nSPS) is 11.5. The van der Waals surface area contributed by atoms with Gasteiger partial charge in [0.2, 0.25) is 0 Å². The van der Waals surface area contributed by atoms with Gasteiger partial charge in [-0.3, -0.25) is 4.79 Å². The van der Waals surface area contributed by atoms with E-state index in [-0.39, 0.29) is 24.4 Å². The van der Waals surface area contributed by atoms with Crippen LogP contribution in [0.25, 0.3) is 0 Å². The van der Waals surface area contributed by atoms with Crippen LogP contribution in [0.4, 0.5) is 5.69 Å². The van der Waals surface area contributed by atoms with Gasteiger partial charge in [0.15, 0.2) is 0 Å². The number of nitrogens with one attached hydrogen (secondary N) is 1. The van der Waals surface area contributed by atoms with Crippen molar-refractivity contribution in [2.24, 2.45) is 5.73 Å². The summed E-state index contributed by atoms with van der Waals surface area (Å²) in [5.74, 6) is 0.482. The molecular formula is C27H41ClN2O2. The highest BCUT2D eigenvalue weighted by Crippen LogP contribution is 2.21. The summed E-state index contributed by atoms with van der Waals surface area (Å²) < 4.78 is 5.94. The molecule has 3 N–H and O–H groups in total. The molecule has 1 atom stereocenters. The Bertz CT molecular complexity index is 763. The molecule has 0 aliphatic rings. The summed E-state index contributed by atoms with van der Waals surface area (Å²) in [4.78, 5) is 12.7. The number of halogens is 1. The summed E-state index contributed by atoms with van der Waals surface area (Å²) in [5, 5.41) is 2.95. The molecule has 0 aromatic heterocycles. The summed E-state index contributed by atoms with van der Waals surface area (Å²) in [6, 6.07) is 15.0. The van der Waals surface area contributed by atoms with Crippen molar-refractivity contribution in [3.8, 4) is 5.75 Å². The smallest absolute Gasteiger partial charge is 0.259 e. The Kier molecular flexibility index (Phi) is 14.5. The summed E-state index contributed by atoms with van der Waals surface area (Å²) in [6.07, 6.45) is 12.9. The fourth-order valence-electron chi connectivity index (χ4n) is 3.62. The zero-order valence-corrected chi connectivity index (χ0v) is 20.6. The lowest BCUT2D eigenvalue weighted by Gasteiger charge is -2.12. The van der Waals surface area contributed by atoms with Gasteiger partial charge >= 0.3 is 0 Å². The van der Waals surface area contributed by atoms with Crippen LogP contribution in [0.5, 0.6) is 5.75 Å². The number of anilines is 1. The van der Waals surface area contributed by atoms with E-state index >= 15 is 0 Å². The van der Waals surface area contributed by atoms with Crippen LogP contribution >= 0.6 is 12.4 Å². The SMILES string of the molecule is CCCCCCCCCCCCOc1ccccc1C(=O)Nc1ccc(C(C)N)cc1.Cl. The van der Waals surface area contributed by atoms with E-state index in [1.807, 2.05) is 49.4 Å². The average Bonchev–Trinajstić information content (AvgIpc) is 2.78. The number of para-hydroxylation sites is 1. The Labute approximate surface area is 200 Å².